The van der Waals surface area contributed by atoms with Gasteiger partial charge in [-0.3, -0.25) is 14.6 Å². The van der Waals surface area contributed by atoms with Crippen molar-refractivity contribution in [3.05, 3.63) is 59.9 Å². The van der Waals surface area contributed by atoms with Gasteiger partial charge in [0.25, 0.3) is 0 Å². The van der Waals surface area contributed by atoms with Crippen LogP contribution >= 0.6 is 11.8 Å². The predicted molar refractivity (Wildman–Crippen MR) is 107 cm³/mol. The first-order valence-electron chi connectivity index (χ1n) is 9.24. The number of likely N-dealkylation sites (tertiary alicyclic amines) is 1. The van der Waals surface area contributed by atoms with Gasteiger partial charge < -0.3 is 10.2 Å². The molecule has 0 radical (unpaired) electrons. The van der Waals surface area contributed by atoms with Gasteiger partial charge in [-0.15, -0.1) is 11.8 Å². The van der Waals surface area contributed by atoms with Gasteiger partial charge in [-0.1, -0.05) is 18.2 Å². The van der Waals surface area contributed by atoms with Gasteiger partial charge in [0.1, 0.15) is 0 Å². The lowest BCUT2D eigenvalue weighted by Gasteiger charge is -2.32. The Morgan fingerprint density at radius 2 is 2.19 bits per heavy atom. The summed E-state index contributed by atoms with van der Waals surface area (Å²) in [5.74, 6) is 0.0118. The summed E-state index contributed by atoms with van der Waals surface area (Å²) in [4.78, 5) is 32.1. The summed E-state index contributed by atoms with van der Waals surface area (Å²) in [5, 5.41) is 3.03. The Bertz CT molecular complexity index is 782. The normalized spacial score (nSPS) is 17.0. The van der Waals surface area contributed by atoms with Crippen LogP contribution in [0.2, 0.25) is 0 Å². The molecule has 1 fully saturated rings. The molecule has 0 spiro atoms. The van der Waals surface area contributed by atoms with Crippen molar-refractivity contribution in [3.8, 4) is 0 Å². The Morgan fingerprint density at radius 3 is 2.96 bits per heavy atom. The van der Waals surface area contributed by atoms with Crippen molar-refractivity contribution in [2.75, 3.05) is 19.3 Å². The van der Waals surface area contributed by atoms with Gasteiger partial charge in [0, 0.05) is 49.3 Å². The summed E-state index contributed by atoms with van der Waals surface area (Å²) >= 11 is 1.69. The highest BCUT2D eigenvalue weighted by Crippen LogP contribution is 2.19. The predicted octanol–water partition coefficient (Wildman–Crippen LogP) is 2.90. The smallest absolute Gasteiger partial charge is 0.225 e. The Balaban J connectivity index is 1.51. The molecule has 1 saturated heterocycles. The zero-order chi connectivity index (χ0) is 19.1. The maximum atomic E-state index is 12.6. The summed E-state index contributed by atoms with van der Waals surface area (Å²) in [5.41, 5.74) is 2.06. The van der Waals surface area contributed by atoms with Crippen LogP contribution in [0.15, 0.2) is 53.6 Å². The Morgan fingerprint density at radius 1 is 1.30 bits per heavy atom. The number of pyridine rings is 1. The van der Waals surface area contributed by atoms with Crippen LogP contribution in [0.25, 0.3) is 0 Å². The molecule has 1 aliphatic rings. The van der Waals surface area contributed by atoms with Crippen LogP contribution in [-0.4, -0.2) is 41.0 Å². The first kappa shape index (κ1) is 19.4. The molecule has 6 heteroatoms. The molecule has 2 amide bonds. The van der Waals surface area contributed by atoms with E-state index in [0.29, 0.717) is 38.9 Å². The average molecular weight is 384 g/mol. The lowest BCUT2D eigenvalue weighted by Crippen LogP contribution is -2.46. The number of nitrogens with one attached hydrogen (secondary N) is 1. The van der Waals surface area contributed by atoms with Crippen molar-refractivity contribution in [2.45, 2.75) is 30.7 Å². The minimum atomic E-state index is -0.143. The number of aromatic nitrogens is 1. The Hall–Kier alpha value is -2.34. The second-order valence-corrected chi connectivity index (χ2v) is 7.60. The first-order valence-corrected chi connectivity index (χ1v) is 10.5. The van der Waals surface area contributed by atoms with Crippen LogP contribution < -0.4 is 5.32 Å². The van der Waals surface area contributed by atoms with Crippen LogP contribution in [0.5, 0.6) is 0 Å². The van der Waals surface area contributed by atoms with E-state index in [-0.39, 0.29) is 17.7 Å². The third kappa shape index (κ3) is 5.57. The topological polar surface area (TPSA) is 62.3 Å². The van der Waals surface area contributed by atoms with Crippen molar-refractivity contribution in [1.29, 1.82) is 0 Å². The van der Waals surface area contributed by atoms with Crippen LogP contribution in [0.3, 0.4) is 0 Å². The number of carbonyl (C=O) groups excluding carboxylic acids is 2. The molecule has 0 aliphatic carbocycles. The van der Waals surface area contributed by atoms with E-state index >= 15 is 0 Å². The number of thioether (sulfide) groups is 1. The SMILES string of the molecule is CSc1cccc(CNC(=O)[C@H]2CCC(=O)N(CCc3ccccn3)C2)c1. The van der Waals surface area contributed by atoms with E-state index in [4.69, 9.17) is 0 Å². The van der Waals surface area contributed by atoms with Crippen molar-refractivity contribution in [1.82, 2.24) is 15.2 Å². The van der Waals surface area contributed by atoms with Crippen molar-refractivity contribution in [2.24, 2.45) is 5.92 Å². The van der Waals surface area contributed by atoms with E-state index in [9.17, 15) is 9.59 Å². The van der Waals surface area contributed by atoms with Crippen LogP contribution in [0.4, 0.5) is 0 Å². The number of hydrogen-bond acceptors (Lipinski definition) is 4. The molecule has 0 unspecified atom stereocenters. The number of rotatable bonds is 7. The standard InChI is InChI=1S/C21H25N3O2S/c1-27-19-7-4-5-16(13-19)14-23-21(26)17-8-9-20(25)24(15-17)12-10-18-6-2-3-11-22-18/h2-7,11,13,17H,8-10,12,14-15H2,1H3,(H,23,26)/t17-/m0/s1. The Kier molecular flexibility index (Phi) is 6.87. The van der Waals surface area contributed by atoms with Crippen molar-refractivity contribution < 1.29 is 9.59 Å². The minimum absolute atomic E-state index is 0.0277. The molecule has 3 rings (SSSR count). The molecule has 1 atom stereocenters. The fourth-order valence-electron chi connectivity index (χ4n) is 3.26. The molecule has 1 aliphatic heterocycles. The molecule has 0 saturated carbocycles. The van der Waals surface area contributed by atoms with Crippen molar-refractivity contribution in [3.63, 3.8) is 0 Å². The molecule has 2 aromatic rings. The average Bonchev–Trinajstić information content (AvgIpc) is 2.72. The van der Waals surface area contributed by atoms with Gasteiger partial charge in [0.2, 0.25) is 11.8 Å². The number of piperidine rings is 1. The number of amides is 2. The summed E-state index contributed by atoms with van der Waals surface area (Å²) < 4.78 is 0. The van der Waals surface area contributed by atoms with Crippen molar-refractivity contribution >= 4 is 23.6 Å². The van der Waals surface area contributed by atoms with E-state index in [1.807, 2.05) is 36.6 Å². The lowest BCUT2D eigenvalue weighted by molar-refractivity contribution is -0.138. The van der Waals surface area contributed by atoms with E-state index in [2.05, 4.69) is 22.4 Å². The van der Waals surface area contributed by atoms with Gasteiger partial charge in [-0.2, -0.15) is 0 Å². The first-order chi connectivity index (χ1) is 13.2. The van der Waals surface area contributed by atoms with Gasteiger partial charge in [-0.25, -0.2) is 0 Å². The van der Waals surface area contributed by atoms with Crippen LogP contribution in [-0.2, 0) is 22.6 Å². The molecule has 1 N–H and O–H groups in total. The monoisotopic (exact) mass is 383 g/mol. The molecule has 27 heavy (non-hydrogen) atoms. The van der Waals surface area contributed by atoms with E-state index in [1.165, 1.54) is 4.90 Å². The third-order valence-electron chi connectivity index (χ3n) is 4.84. The quantitative estimate of drug-likeness (QED) is 0.747. The lowest BCUT2D eigenvalue weighted by atomic mass is 9.96. The third-order valence-corrected chi connectivity index (χ3v) is 5.56. The maximum Gasteiger partial charge on any atom is 0.225 e. The molecule has 1 aromatic heterocycles. The number of carbonyl (C=O) groups is 2. The summed E-state index contributed by atoms with van der Waals surface area (Å²) in [6.07, 6.45) is 5.56. The molecule has 5 nitrogen and oxygen atoms in total. The highest BCUT2D eigenvalue weighted by molar-refractivity contribution is 7.98. The second-order valence-electron chi connectivity index (χ2n) is 6.72. The molecule has 2 heterocycles. The van der Waals surface area contributed by atoms with Gasteiger partial charge in [0.05, 0.1) is 5.92 Å². The molecule has 142 valence electrons. The second kappa shape index (κ2) is 9.55. The summed E-state index contributed by atoms with van der Waals surface area (Å²) in [6, 6.07) is 14.0. The summed E-state index contributed by atoms with van der Waals surface area (Å²) in [7, 11) is 0. The molecule has 1 aromatic carbocycles. The van der Waals surface area contributed by atoms with E-state index < -0.39 is 0 Å². The fourth-order valence-corrected chi connectivity index (χ4v) is 3.74. The fraction of sp³-hybridized carbons (Fsp3) is 0.381. The largest absolute Gasteiger partial charge is 0.352 e. The number of nitrogens with zero attached hydrogens (tertiary/aromatic N) is 2. The van der Waals surface area contributed by atoms with Gasteiger partial charge in [-0.05, 0) is 42.5 Å². The van der Waals surface area contributed by atoms with Gasteiger partial charge >= 0.3 is 0 Å². The Labute approximate surface area is 164 Å². The minimum Gasteiger partial charge on any atom is -0.352 e. The highest BCUT2D eigenvalue weighted by Gasteiger charge is 2.29. The highest BCUT2D eigenvalue weighted by atomic mass is 32.2. The van der Waals surface area contributed by atoms with Crippen LogP contribution in [0, 0.1) is 5.92 Å². The maximum absolute atomic E-state index is 12.6. The molecular weight excluding hydrogens is 358 g/mol. The zero-order valence-corrected chi connectivity index (χ0v) is 16.4. The number of hydrogen-bond donors (Lipinski definition) is 1. The molecular formula is C21H25N3O2S. The van der Waals surface area contributed by atoms with Crippen LogP contribution in [0.1, 0.15) is 24.1 Å². The summed E-state index contributed by atoms with van der Waals surface area (Å²) in [6.45, 7) is 1.61. The number of benzene rings is 1. The van der Waals surface area contributed by atoms with Gasteiger partial charge in [0.15, 0.2) is 0 Å². The zero-order valence-electron chi connectivity index (χ0n) is 15.6. The van der Waals surface area contributed by atoms with E-state index in [0.717, 1.165) is 11.3 Å². The molecule has 0 bridgehead atoms. The van der Waals surface area contributed by atoms with E-state index in [1.54, 1.807) is 22.9 Å².